The molecule has 3 N–H and O–H groups in total. The Kier molecular flexibility index (Phi) is 4.56. The monoisotopic (exact) mass is 264 g/mol. The maximum Gasteiger partial charge on any atom is 0.307 e. The van der Waals surface area contributed by atoms with Crippen molar-refractivity contribution >= 4 is 11.7 Å². The van der Waals surface area contributed by atoms with Crippen LogP contribution in [0.3, 0.4) is 0 Å². The molecule has 0 saturated heterocycles. The van der Waals surface area contributed by atoms with Gasteiger partial charge in [-0.3, -0.25) is 9.78 Å². The molecule has 106 valence electrons. The molecule has 4 nitrogen and oxygen atoms in total. The molecule has 1 heterocycles. The third kappa shape index (κ3) is 3.69. The third-order valence-corrected chi connectivity index (χ3v) is 3.43. The van der Waals surface area contributed by atoms with E-state index in [1.807, 2.05) is 40.7 Å². The van der Waals surface area contributed by atoms with Crippen molar-refractivity contribution in [3.63, 3.8) is 0 Å². The van der Waals surface area contributed by atoms with Crippen molar-refractivity contribution in [3.8, 4) is 0 Å². The van der Waals surface area contributed by atoms with Gasteiger partial charge in [-0.15, -0.1) is 0 Å². The zero-order valence-electron chi connectivity index (χ0n) is 12.4. The van der Waals surface area contributed by atoms with Crippen LogP contribution in [0.5, 0.6) is 0 Å². The lowest BCUT2D eigenvalue weighted by Gasteiger charge is -2.27. The first-order valence-electron chi connectivity index (χ1n) is 6.60. The molecule has 0 aliphatic carbocycles. The van der Waals surface area contributed by atoms with Gasteiger partial charge in [0.15, 0.2) is 0 Å². The number of nitrogens with zero attached hydrogens (tertiary/aromatic N) is 1. The van der Waals surface area contributed by atoms with E-state index in [-0.39, 0.29) is 11.3 Å². The van der Waals surface area contributed by atoms with Crippen LogP contribution in [0.25, 0.3) is 0 Å². The molecule has 0 bridgehead atoms. The van der Waals surface area contributed by atoms with Crippen molar-refractivity contribution in [2.75, 3.05) is 5.73 Å². The molecule has 1 aromatic rings. The Morgan fingerprint density at radius 2 is 2.00 bits per heavy atom. The lowest BCUT2D eigenvalue weighted by Crippen LogP contribution is -2.30. The highest BCUT2D eigenvalue weighted by Crippen LogP contribution is 2.32. The van der Waals surface area contributed by atoms with E-state index in [2.05, 4.69) is 4.98 Å². The minimum absolute atomic E-state index is 0.234. The minimum Gasteiger partial charge on any atom is -0.481 e. The Labute approximate surface area is 115 Å². The summed E-state index contributed by atoms with van der Waals surface area (Å²) in [6.07, 6.45) is 2.15. The van der Waals surface area contributed by atoms with E-state index < -0.39 is 11.9 Å². The van der Waals surface area contributed by atoms with Crippen molar-refractivity contribution < 1.29 is 9.90 Å². The predicted octanol–water partition coefficient (Wildman–Crippen LogP) is 3.08. The Morgan fingerprint density at radius 3 is 2.42 bits per heavy atom. The van der Waals surface area contributed by atoms with E-state index >= 15 is 0 Å². The fraction of sp³-hybridized carbons (Fsp3) is 0.600. The topological polar surface area (TPSA) is 76.2 Å². The summed E-state index contributed by atoms with van der Waals surface area (Å²) < 4.78 is 0. The van der Waals surface area contributed by atoms with Gasteiger partial charge >= 0.3 is 5.97 Å². The van der Waals surface area contributed by atoms with Crippen LogP contribution >= 0.6 is 0 Å². The molecule has 19 heavy (non-hydrogen) atoms. The number of rotatable bonds is 4. The van der Waals surface area contributed by atoms with Crippen molar-refractivity contribution in [2.45, 2.75) is 47.0 Å². The van der Waals surface area contributed by atoms with Crippen LogP contribution < -0.4 is 5.73 Å². The molecule has 0 saturated carbocycles. The van der Waals surface area contributed by atoms with Gasteiger partial charge < -0.3 is 10.8 Å². The number of hydrogen-bond acceptors (Lipinski definition) is 3. The minimum atomic E-state index is -0.783. The summed E-state index contributed by atoms with van der Waals surface area (Å²) in [7, 11) is 0. The second-order valence-electron chi connectivity index (χ2n) is 6.38. The molecular weight excluding hydrogens is 240 g/mol. The Balaban J connectivity index is 3.11. The summed E-state index contributed by atoms with van der Waals surface area (Å²) in [5.41, 5.74) is 8.17. The molecule has 0 aliphatic rings. The van der Waals surface area contributed by atoms with Crippen LogP contribution in [-0.2, 0) is 11.2 Å². The lowest BCUT2D eigenvalue weighted by atomic mass is 9.77. The number of hydrogen-bond donors (Lipinski definition) is 2. The van der Waals surface area contributed by atoms with Gasteiger partial charge in [-0.2, -0.15) is 0 Å². The highest BCUT2D eigenvalue weighted by atomic mass is 16.4. The molecule has 4 heteroatoms. The van der Waals surface area contributed by atoms with Gasteiger partial charge in [0.05, 0.1) is 17.3 Å². The fourth-order valence-electron chi connectivity index (χ4n) is 2.15. The van der Waals surface area contributed by atoms with Gasteiger partial charge in [0.1, 0.15) is 0 Å². The summed E-state index contributed by atoms with van der Waals surface area (Å²) in [4.78, 5) is 15.7. The SMILES string of the molecule is CC(C)c1nccc(CC(C(=O)O)C(C)(C)C)c1N. The Hall–Kier alpha value is -1.58. The molecule has 0 amide bonds. The highest BCUT2D eigenvalue weighted by Gasteiger charge is 2.32. The first kappa shape index (κ1) is 15.5. The summed E-state index contributed by atoms with van der Waals surface area (Å²) in [6, 6.07) is 1.82. The average molecular weight is 264 g/mol. The van der Waals surface area contributed by atoms with E-state index in [0.717, 1.165) is 11.3 Å². The smallest absolute Gasteiger partial charge is 0.307 e. The molecule has 0 radical (unpaired) electrons. The second-order valence-corrected chi connectivity index (χ2v) is 6.38. The van der Waals surface area contributed by atoms with E-state index in [1.165, 1.54) is 0 Å². The molecule has 0 fully saturated rings. The largest absolute Gasteiger partial charge is 0.481 e. The zero-order valence-corrected chi connectivity index (χ0v) is 12.4. The molecule has 1 atom stereocenters. The van der Waals surface area contributed by atoms with Gasteiger partial charge in [0, 0.05) is 6.20 Å². The number of aromatic nitrogens is 1. The molecule has 0 spiro atoms. The van der Waals surface area contributed by atoms with Crippen LogP contribution in [0.2, 0.25) is 0 Å². The number of carboxylic acid groups (broad SMARTS) is 1. The van der Waals surface area contributed by atoms with Crippen molar-refractivity contribution in [1.82, 2.24) is 4.98 Å². The van der Waals surface area contributed by atoms with Crippen LogP contribution in [-0.4, -0.2) is 16.1 Å². The Bertz CT molecular complexity index is 462. The number of pyridine rings is 1. The zero-order chi connectivity index (χ0) is 14.8. The predicted molar refractivity (Wildman–Crippen MR) is 77.0 cm³/mol. The summed E-state index contributed by atoms with van der Waals surface area (Å²) in [6.45, 7) is 9.87. The molecule has 1 unspecified atom stereocenters. The van der Waals surface area contributed by atoms with Crippen LogP contribution in [0.1, 0.15) is 51.8 Å². The first-order chi connectivity index (χ1) is 8.64. The third-order valence-electron chi connectivity index (χ3n) is 3.43. The summed E-state index contributed by atoms with van der Waals surface area (Å²) in [5.74, 6) is -1.01. The highest BCUT2D eigenvalue weighted by molar-refractivity contribution is 5.72. The normalized spacial score (nSPS) is 13.6. The molecule has 1 rings (SSSR count). The Morgan fingerprint density at radius 1 is 1.42 bits per heavy atom. The maximum absolute atomic E-state index is 11.4. The van der Waals surface area contributed by atoms with Crippen LogP contribution in [0.15, 0.2) is 12.3 Å². The second kappa shape index (κ2) is 5.59. The maximum atomic E-state index is 11.4. The number of nitrogen functional groups attached to an aromatic ring is 1. The van der Waals surface area contributed by atoms with E-state index in [9.17, 15) is 9.90 Å². The van der Waals surface area contributed by atoms with Crippen molar-refractivity contribution in [2.24, 2.45) is 11.3 Å². The first-order valence-corrected chi connectivity index (χ1v) is 6.60. The van der Waals surface area contributed by atoms with Crippen molar-refractivity contribution in [1.29, 1.82) is 0 Å². The van der Waals surface area contributed by atoms with E-state index in [4.69, 9.17) is 5.73 Å². The average Bonchev–Trinajstić information content (AvgIpc) is 2.24. The molecular formula is C15H24N2O2. The van der Waals surface area contributed by atoms with Gasteiger partial charge in [-0.25, -0.2) is 0 Å². The van der Waals surface area contributed by atoms with Gasteiger partial charge in [0.25, 0.3) is 0 Å². The number of carbonyl (C=O) groups is 1. The fourth-order valence-corrected chi connectivity index (χ4v) is 2.15. The standard InChI is InChI=1S/C15H24N2O2/c1-9(2)13-12(16)10(6-7-17-13)8-11(14(18)19)15(3,4)5/h6-7,9,11H,8,16H2,1-5H3,(H,18,19). The lowest BCUT2D eigenvalue weighted by molar-refractivity contribution is -0.145. The van der Waals surface area contributed by atoms with Crippen LogP contribution in [0.4, 0.5) is 5.69 Å². The molecule has 1 aromatic heterocycles. The van der Waals surface area contributed by atoms with Crippen molar-refractivity contribution in [3.05, 3.63) is 23.5 Å². The molecule has 0 aromatic carbocycles. The number of aliphatic carboxylic acids is 1. The van der Waals surface area contributed by atoms with Gasteiger partial charge in [-0.05, 0) is 29.4 Å². The number of carboxylic acids is 1. The van der Waals surface area contributed by atoms with E-state index in [1.54, 1.807) is 6.20 Å². The molecule has 0 aliphatic heterocycles. The van der Waals surface area contributed by atoms with E-state index in [0.29, 0.717) is 12.1 Å². The summed E-state index contributed by atoms with van der Waals surface area (Å²) >= 11 is 0. The van der Waals surface area contributed by atoms with Crippen LogP contribution in [0, 0.1) is 11.3 Å². The van der Waals surface area contributed by atoms with Gasteiger partial charge in [0.2, 0.25) is 0 Å². The number of anilines is 1. The van der Waals surface area contributed by atoms with Gasteiger partial charge in [-0.1, -0.05) is 34.6 Å². The number of nitrogens with two attached hydrogens (primary N) is 1. The quantitative estimate of drug-likeness (QED) is 0.876. The summed E-state index contributed by atoms with van der Waals surface area (Å²) in [5, 5.41) is 9.38.